The van der Waals surface area contributed by atoms with E-state index in [4.69, 9.17) is 23.2 Å². The van der Waals surface area contributed by atoms with Crippen molar-refractivity contribution in [2.45, 2.75) is 44.5 Å². The highest BCUT2D eigenvalue weighted by molar-refractivity contribution is 6.32. The SMILES string of the molecule is Cc1cc(Cl)cc(C(=O)NC2CC2)c1NC(=O)c1cc(Cn2cc(C(F)(F)C(F)(F)F)nn2)nn1-c1ncccc1Cl. The van der Waals surface area contributed by atoms with Gasteiger partial charge in [-0.25, -0.2) is 14.3 Å². The first kappa shape index (κ1) is 29.4. The number of amides is 2. The van der Waals surface area contributed by atoms with Crippen LogP contribution >= 0.6 is 23.2 Å². The van der Waals surface area contributed by atoms with Crippen molar-refractivity contribution in [1.82, 2.24) is 35.1 Å². The maximum absolute atomic E-state index is 13.7. The lowest BCUT2D eigenvalue weighted by Crippen LogP contribution is -2.34. The highest BCUT2D eigenvalue weighted by Gasteiger charge is 2.60. The molecule has 0 spiro atoms. The Balaban J connectivity index is 1.50. The molecule has 2 N–H and O–H groups in total. The zero-order chi connectivity index (χ0) is 30.4. The van der Waals surface area contributed by atoms with E-state index in [0.717, 1.165) is 17.5 Å². The van der Waals surface area contributed by atoms with Crippen LogP contribution in [-0.4, -0.2) is 53.8 Å². The van der Waals surface area contributed by atoms with E-state index in [1.54, 1.807) is 13.0 Å². The molecule has 0 aliphatic heterocycles. The molecule has 0 radical (unpaired) electrons. The minimum Gasteiger partial charge on any atom is -0.349 e. The summed E-state index contributed by atoms with van der Waals surface area (Å²) in [6.45, 7) is 1.21. The fourth-order valence-corrected chi connectivity index (χ4v) is 4.43. The van der Waals surface area contributed by atoms with Crippen LogP contribution in [-0.2, 0) is 12.5 Å². The van der Waals surface area contributed by atoms with Gasteiger partial charge >= 0.3 is 12.1 Å². The summed E-state index contributed by atoms with van der Waals surface area (Å²) in [5.41, 5.74) is -0.930. The summed E-state index contributed by atoms with van der Waals surface area (Å²) in [6, 6.07) is 7.28. The average Bonchev–Trinajstić information content (AvgIpc) is 3.42. The number of pyridine rings is 1. The topological polar surface area (TPSA) is 120 Å². The summed E-state index contributed by atoms with van der Waals surface area (Å²) in [5, 5.41) is 16.5. The number of hydrogen-bond donors (Lipinski definition) is 2. The minimum atomic E-state index is -5.87. The number of aryl methyl sites for hydroxylation is 1. The Hall–Kier alpha value is -4.11. The molecule has 17 heteroatoms. The summed E-state index contributed by atoms with van der Waals surface area (Å²) < 4.78 is 67.5. The molecule has 1 fully saturated rings. The van der Waals surface area contributed by atoms with Crippen LogP contribution in [0.5, 0.6) is 0 Å². The fraction of sp³-hybridized carbons (Fsp3) is 0.280. The molecule has 1 aliphatic rings. The van der Waals surface area contributed by atoms with Gasteiger partial charge in [0.1, 0.15) is 5.69 Å². The van der Waals surface area contributed by atoms with E-state index >= 15 is 0 Å². The highest BCUT2D eigenvalue weighted by atomic mass is 35.5. The largest absolute Gasteiger partial charge is 0.459 e. The fourth-order valence-electron chi connectivity index (χ4n) is 3.95. The lowest BCUT2D eigenvalue weighted by Gasteiger charge is -2.16. The first-order valence-electron chi connectivity index (χ1n) is 12.2. The first-order chi connectivity index (χ1) is 19.7. The van der Waals surface area contributed by atoms with Crippen LogP contribution in [0.4, 0.5) is 27.6 Å². The smallest absolute Gasteiger partial charge is 0.349 e. The molecule has 0 unspecified atom stereocenters. The lowest BCUT2D eigenvalue weighted by atomic mass is 10.1. The number of carbonyl (C=O) groups excluding carboxylic acids is 2. The van der Waals surface area contributed by atoms with Gasteiger partial charge in [0.15, 0.2) is 11.5 Å². The number of carbonyl (C=O) groups is 2. The van der Waals surface area contributed by atoms with Crippen molar-refractivity contribution >= 4 is 40.7 Å². The number of nitrogens with one attached hydrogen (secondary N) is 2. The molecule has 220 valence electrons. The molecule has 1 aliphatic carbocycles. The Morgan fingerprint density at radius 3 is 2.50 bits per heavy atom. The van der Waals surface area contributed by atoms with E-state index < -0.39 is 36.2 Å². The molecule has 1 aromatic carbocycles. The van der Waals surface area contributed by atoms with Gasteiger partial charge in [-0.3, -0.25) is 9.59 Å². The van der Waals surface area contributed by atoms with Crippen LogP contribution in [0.15, 0.2) is 42.7 Å². The van der Waals surface area contributed by atoms with E-state index in [0.29, 0.717) is 16.4 Å². The Morgan fingerprint density at radius 2 is 1.83 bits per heavy atom. The van der Waals surface area contributed by atoms with Crippen LogP contribution in [0.2, 0.25) is 10.0 Å². The quantitative estimate of drug-likeness (QED) is 0.255. The molecule has 0 saturated heterocycles. The van der Waals surface area contributed by atoms with E-state index in [1.807, 2.05) is 0 Å². The van der Waals surface area contributed by atoms with Crippen LogP contribution in [0.1, 0.15) is 50.6 Å². The Bertz CT molecular complexity index is 1680. The van der Waals surface area contributed by atoms with Crippen molar-refractivity contribution < 1.29 is 31.5 Å². The Kier molecular flexibility index (Phi) is 7.66. The van der Waals surface area contributed by atoms with E-state index in [-0.39, 0.29) is 44.5 Å². The third kappa shape index (κ3) is 5.92. The first-order valence-corrected chi connectivity index (χ1v) is 13.0. The van der Waals surface area contributed by atoms with Gasteiger partial charge in [0.25, 0.3) is 11.8 Å². The molecule has 3 heterocycles. The molecule has 10 nitrogen and oxygen atoms in total. The molecule has 0 bridgehead atoms. The number of rotatable bonds is 8. The molecular formula is C25H19Cl2F5N8O2. The third-order valence-electron chi connectivity index (χ3n) is 6.17. The second-order valence-corrected chi connectivity index (χ2v) is 10.3. The van der Waals surface area contributed by atoms with Gasteiger partial charge in [0.05, 0.1) is 34.7 Å². The molecular weight excluding hydrogens is 610 g/mol. The van der Waals surface area contributed by atoms with Gasteiger partial charge in [0.2, 0.25) is 0 Å². The van der Waals surface area contributed by atoms with Gasteiger partial charge in [-0.15, -0.1) is 5.10 Å². The molecule has 2 amide bonds. The molecule has 0 atom stereocenters. The summed E-state index contributed by atoms with van der Waals surface area (Å²) in [4.78, 5) is 30.7. The molecule has 1 saturated carbocycles. The lowest BCUT2D eigenvalue weighted by molar-refractivity contribution is -0.291. The number of halogens is 7. The number of alkyl halides is 5. The molecule has 3 aromatic heterocycles. The maximum atomic E-state index is 13.7. The van der Waals surface area contributed by atoms with Crippen molar-refractivity contribution in [2.24, 2.45) is 0 Å². The predicted octanol–water partition coefficient (Wildman–Crippen LogP) is 5.32. The van der Waals surface area contributed by atoms with Crippen molar-refractivity contribution in [1.29, 1.82) is 0 Å². The predicted molar refractivity (Wildman–Crippen MR) is 140 cm³/mol. The van der Waals surface area contributed by atoms with E-state index in [1.165, 1.54) is 30.5 Å². The summed E-state index contributed by atoms with van der Waals surface area (Å²) in [7, 11) is 0. The normalized spacial score (nSPS) is 13.7. The third-order valence-corrected chi connectivity index (χ3v) is 6.68. The van der Waals surface area contributed by atoms with Gasteiger partial charge < -0.3 is 10.6 Å². The summed E-state index contributed by atoms with van der Waals surface area (Å²) in [5.74, 6) is -6.39. The summed E-state index contributed by atoms with van der Waals surface area (Å²) in [6.07, 6.45) is -2.38. The van der Waals surface area contributed by atoms with Crippen LogP contribution < -0.4 is 10.6 Å². The molecule has 42 heavy (non-hydrogen) atoms. The zero-order valence-electron chi connectivity index (χ0n) is 21.4. The van der Waals surface area contributed by atoms with Crippen LogP contribution in [0, 0.1) is 6.92 Å². The van der Waals surface area contributed by atoms with E-state index in [2.05, 4.69) is 31.0 Å². The van der Waals surface area contributed by atoms with Crippen molar-refractivity contribution in [3.05, 3.63) is 81.0 Å². The number of anilines is 1. The average molecular weight is 629 g/mol. The van der Waals surface area contributed by atoms with Crippen molar-refractivity contribution in [2.75, 3.05) is 5.32 Å². The van der Waals surface area contributed by atoms with Gasteiger partial charge in [-0.05, 0) is 55.7 Å². The van der Waals surface area contributed by atoms with Crippen molar-refractivity contribution in [3.63, 3.8) is 0 Å². The number of nitrogens with zero attached hydrogens (tertiary/aromatic N) is 6. The second kappa shape index (κ2) is 10.9. The standard InChI is InChI=1S/C25H19Cl2F5N8O2/c1-12-7-13(26)8-16(22(41)34-14-4-5-14)20(12)35-23(42)18-9-15(37-40(18)21-17(27)3-2-6-33-21)10-39-11-19(36-38-39)24(28,29)25(30,31)32/h2-3,6-9,11,14H,4-5,10H2,1H3,(H,34,41)(H,35,42). The Morgan fingerprint density at radius 1 is 1.10 bits per heavy atom. The van der Waals surface area contributed by atoms with Crippen LogP contribution in [0.25, 0.3) is 5.82 Å². The highest BCUT2D eigenvalue weighted by Crippen LogP contribution is 2.42. The summed E-state index contributed by atoms with van der Waals surface area (Å²) >= 11 is 12.5. The van der Waals surface area contributed by atoms with Crippen molar-refractivity contribution in [3.8, 4) is 5.82 Å². The van der Waals surface area contributed by atoms with Gasteiger partial charge in [-0.1, -0.05) is 28.4 Å². The van der Waals surface area contributed by atoms with Gasteiger partial charge in [0, 0.05) is 17.3 Å². The number of hydrogen-bond acceptors (Lipinski definition) is 6. The zero-order valence-corrected chi connectivity index (χ0v) is 22.9. The second-order valence-electron chi connectivity index (χ2n) is 9.46. The maximum Gasteiger partial charge on any atom is 0.459 e. The van der Waals surface area contributed by atoms with Gasteiger partial charge in [-0.2, -0.15) is 27.1 Å². The number of aromatic nitrogens is 6. The molecule has 5 rings (SSSR count). The number of benzene rings is 1. The minimum absolute atomic E-state index is 0.0215. The van der Waals surface area contributed by atoms with E-state index in [9.17, 15) is 31.5 Å². The van der Waals surface area contributed by atoms with Crippen LogP contribution in [0.3, 0.4) is 0 Å². The molecule has 4 aromatic rings. The Labute approximate surface area is 243 Å². The monoisotopic (exact) mass is 628 g/mol.